The minimum Gasteiger partial charge on any atom is -0.298 e. The molecule has 0 unspecified atom stereocenters. The van der Waals surface area contributed by atoms with Crippen LogP contribution in [0.4, 0.5) is 22.0 Å². The number of aromatic nitrogens is 1. The molecule has 0 aliphatic heterocycles. The molecule has 0 amide bonds. The van der Waals surface area contributed by atoms with Crippen molar-refractivity contribution in [2.75, 3.05) is 6.26 Å². The van der Waals surface area contributed by atoms with Gasteiger partial charge in [-0.2, -0.15) is 13.2 Å². The molecule has 4 nitrogen and oxygen atoms in total. The number of hydrogen-bond acceptors (Lipinski definition) is 4. The maximum Gasteiger partial charge on any atom is 0.416 e. The highest BCUT2D eigenvalue weighted by molar-refractivity contribution is 7.90. The number of pyridine rings is 1. The molecule has 1 atom stereocenters. The summed E-state index contributed by atoms with van der Waals surface area (Å²) >= 11 is 6.04. The van der Waals surface area contributed by atoms with E-state index >= 15 is 0 Å². The van der Waals surface area contributed by atoms with Crippen molar-refractivity contribution in [3.05, 3.63) is 130 Å². The largest absolute Gasteiger partial charge is 0.416 e. The van der Waals surface area contributed by atoms with Crippen LogP contribution in [0.25, 0.3) is 0 Å². The van der Waals surface area contributed by atoms with Crippen molar-refractivity contribution in [1.82, 2.24) is 10.3 Å². The van der Waals surface area contributed by atoms with Crippen LogP contribution in [0.5, 0.6) is 0 Å². The Labute approximate surface area is 227 Å². The van der Waals surface area contributed by atoms with Gasteiger partial charge in [-0.3, -0.25) is 10.3 Å². The maximum atomic E-state index is 14.7. The first-order valence-electron chi connectivity index (χ1n) is 11.6. The fourth-order valence-electron chi connectivity index (χ4n) is 4.39. The fraction of sp³-hybridized carbons (Fsp3) is 0.179. The van der Waals surface area contributed by atoms with Gasteiger partial charge in [-0.25, -0.2) is 17.2 Å². The van der Waals surface area contributed by atoms with Crippen molar-refractivity contribution in [3.63, 3.8) is 0 Å². The maximum absolute atomic E-state index is 14.7. The van der Waals surface area contributed by atoms with E-state index < -0.39 is 38.8 Å². The number of nitrogens with zero attached hydrogens (tertiary/aromatic N) is 1. The Bertz CT molecular complexity index is 1580. The normalized spacial score (nSPS) is 13.7. The summed E-state index contributed by atoms with van der Waals surface area (Å²) in [5.41, 5.74) is -1.87. The average Bonchev–Trinajstić information content (AvgIpc) is 2.87. The fourth-order valence-corrected chi connectivity index (χ4v) is 5.45. The molecule has 0 saturated carbocycles. The zero-order chi connectivity index (χ0) is 28.4. The van der Waals surface area contributed by atoms with Gasteiger partial charge in [0.25, 0.3) is 0 Å². The lowest BCUT2D eigenvalue weighted by atomic mass is 9.79. The molecule has 3 aromatic carbocycles. The molecule has 0 radical (unpaired) electrons. The first-order valence-corrected chi connectivity index (χ1v) is 13.8. The third-order valence-electron chi connectivity index (χ3n) is 6.20. The standard InChI is InChI=1S/C28H22ClF5N2O2S/c1-39(37,38)25-14-23(30)9-7-19(25)16-36-27(15-18-5-3-2-4-6-18,26-10-8-22(29)17-35-26)20-11-21(28(32,33)34)13-24(31)12-20/h2-14,17,36H,15-16H2,1H3/t27-/m0/s1. The molecule has 1 aromatic heterocycles. The number of rotatable bonds is 8. The summed E-state index contributed by atoms with van der Waals surface area (Å²) in [5, 5.41) is 3.43. The minimum absolute atomic E-state index is 0.00136. The number of halogens is 6. The first-order chi connectivity index (χ1) is 18.3. The predicted molar refractivity (Wildman–Crippen MR) is 138 cm³/mol. The van der Waals surface area contributed by atoms with Gasteiger partial charge in [-0.15, -0.1) is 0 Å². The SMILES string of the molecule is CS(=O)(=O)c1cc(F)ccc1CN[C@@](Cc1ccccc1)(c1cc(F)cc(C(F)(F)F)c1)c1ccc(Cl)cn1. The molecule has 0 saturated heterocycles. The van der Waals surface area contributed by atoms with Crippen molar-refractivity contribution in [1.29, 1.82) is 0 Å². The quantitative estimate of drug-likeness (QED) is 0.235. The zero-order valence-corrected chi connectivity index (χ0v) is 22.0. The third kappa shape index (κ3) is 6.63. The molecular weight excluding hydrogens is 559 g/mol. The summed E-state index contributed by atoms with van der Waals surface area (Å²) in [6, 6.07) is 17.2. The Hall–Kier alpha value is -3.34. The Kier molecular flexibility index (Phi) is 8.11. The van der Waals surface area contributed by atoms with Gasteiger partial charge < -0.3 is 0 Å². The number of alkyl halides is 3. The molecule has 1 N–H and O–H groups in total. The molecule has 0 spiro atoms. The van der Waals surface area contributed by atoms with Crippen LogP contribution in [0.1, 0.15) is 27.9 Å². The second-order valence-corrected chi connectivity index (χ2v) is 11.5. The van der Waals surface area contributed by atoms with E-state index in [9.17, 15) is 30.4 Å². The molecule has 4 rings (SSSR count). The lowest BCUT2D eigenvalue weighted by molar-refractivity contribution is -0.137. The van der Waals surface area contributed by atoms with Gasteiger partial charge in [-0.05, 0) is 59.2 Å². The predicted octanol–water partition coefficient (Wildman–Crippen LogP) is 6.71. The van der Waals surface area contributed by atoms with Crippen molar-refractivity contribution in [3.8, 4) is 0 Å². The van der Waals surface area contributed by atoms with E-state index in [1.807, 2.05) is 0 Å². The Morgan fingerprint density at radius 1 is 0.872 bits per heavy atom. The van der Waals surface area contributed by atoms with E-state index in [1.165, 1.54) is 24.4 Å². The van der Waals surface area contributed by atoms with E-state index in [2.05, 4.69) is 10.3 Å². The van der Waals surface area contributed by atoms with Gasteiger partial charge in [0.15, 0.2) is 9.84 Å². The summed E-state index contributed by atoms with van der Waals surface area (Å²) in [6.45, 7) is -0.238. The molecule has 4 aromatic rings. The molecular formula is C28H22ClF5N2O2S. The Morgan fingerprint density at radius 2 is 1.56 bits per heavy atom. The smallest absolute Gasteiger partial charge is 0.298 e. The molecule has 204 valence electrons. The zero-order valence-electron chi connectivity index (χ0n) is 20.4. The highest BCUT2D eigenvalue weighted by Gasteiger charge is 2.39. The summed E-state index contributed by atoms with van der Waals surface area (Å²) in [7, 11) is -3.87. The highest BCUT2D eigenvalue weighted by atomic mass is 35.5. The number of nitrogens with one attached hydrogen (secondary N) is 1. The average molecular weight is 581 g/mol. The number of sulfone groups is 1. The van der Waals surface area contributed by atoms with Gasteiger partial charge in [0.05, 0.1) is 26.7 Å². The molecule has 0 bridgehead atoms. The lowest BCUT2D eigenvalue weighted by Crippen LogP contribution is -2.46. The second-order valence-electron chi connectivity index (χ2n) is 9.03. The lowest BCUT2D eigenvalue weighted by Gasteiger charge is -2.36. The van der Waals surface area contributed by atoms with E-state index in [0.29, 0.717) is 11.6 Å². The summed E-state index contributed by atoms with van der Waals surface area (Å²) in [5.74, 6) is -1.89. The Morgan fingerprint density at radius 3 is 2.18 bits per heavy atom. The van der Waals surface area contributed by atoms with Crippen LogP contribution in [-0.2, 0) is 34.5 Å². The van der Waals surface area contributed by atoms with Gasteiger partial charge in [0, 0.05) is 25.4 Å². The van der Waals surface area contributed by atoms with Crippen molar-refractivity contribution >= 4 is 21.4 Å². The van der Waals surface area contributed by atoms with Gasteiger partial charge >= 0.3 is 6.18 Å². The van der Waals surface area contributed by atoms with Crippen molar-refractivity contribution in [2.45, 2.75) is 29.6 Å². The summed E-state index contributed by atoms with van der Waals surface area (Å²) in [6.07, 6.45) is -2.62. The van der Waals surface area contributed by atoms with Crippen molar-refractivity contribution < 1.29 is 30.4 Å². The summed E-state index contributed by atoms with van der Waals surface area (Å²) in [4.78, 5) is 4.08. The van der Waals surface area contributed by atoms with Gasteiger partial charge in [0.2, 0.25) is 0 Å². The van der Waals surface area contributed by atoms with Crippen LogP contribution in [0, 0.1) is 11.6 Å². The Balaban J connectivity index is 1.97. The van der Waals surface area contributed by atoms with Gasteiger partial charge in [-0.1, -0.05) is 48.0 Å². The van der Waals surface area contributed by atoms with Crippen molar-refractivity contribution in [2.24, 2.45) is 0 Å². The monoisotopic (exact) mass is 580 g/mol. The van der Waals surface area contributed by atoms with Crippen LogP contribution >= 0.6 is 11.6 Å². The number of hydrogen-bond donors (Lipinski definition) is 1. The third-order valence-corrected chi connectivity index (χ3v) is 7.61. The van der Waals surface area contributed by atoms with Crippen LogP contribution in [0.3, 0.4) is 0 Å². The first kappa shape index (κ1) is 28.7. The van der Waals surface area contributed by atoms with Gasteiger partial charge in [0.1, 0.15) is 11.6 Å². The van der Waals surface area contributed by atoms with Crippen LogP contribution in [0.2, 0.25) is 5.02 Å². The highest BCUT2D eigenvalue weighted by Crippen LogP contribution is 2.38. The van der Waals surface area contributed by atoms with Crippen LogP contribution < -0.4 is 5.32 Å². The molecule has 0 fully saturated rings. The number of benzene rings is 3. The van der Waals surface area contributed by atoms with E-state index in [4.69, 9.17) is 11.6 Å². The second kappa shape index (κ2) is 11.0. The van der Waals surface area contributed by atoms with E-state index in [-0.39, 0.29) is 39.7 Å². The molecule has 11 heteroatoms. The van der Waals surface area contributed by atoms with E-state index in [1.54, 1.807) is 30.3 Å². The van der Waals surface area contributed by atoms with Crippen LogP contribution in [-0.4, -0.2) is 19.7 Å². The molecule has 0 aliphatic carbocycles. The molecule has 0 aliphatic rings. The summed E-state index contributed by atoms with van der Waals surface area (Å²) < 4.78 is 94.8. The molecule has 39 heavy (non-hydrogen) atoms. The topological polar surface area (TPSA) is 59.1 Å². The van der Waals surface area contributed by atoms with E-state index in [0.717, 1.165) is 30.5 Å². The minimum atomic E-state index is -4.84. The molecule has 1 heterocycles. The van der Waals surface area contributed by atoms with Crippen LogP contribution in [0.15, 0.2) is 90.0 Å².